The molecule has 1 aliphatic heterocycles. The van der Waals surface area contributed by atoms with Crippen LogP contribution in [0.15, 0.2) is 48.5 Å². The van der Waals surface area contributed by atoms with Crippen LogP contribution in [0.25, 0.3) is 10.8 Å². The van der Waals surface area contributed by atoms with Crippen LogP contribution in [0.2, 0.25) is 0 Å². The molecule has 0 aliphatic carbocycles. The zero-order valence-corrected chi connectivity index (χ0v) is 13.1. The monoisotopic (exact) mass is 319 g/mol. The molecular weight excluding hydrogens is 302 g/mol. The van der Waals surface area contributed by atoms with Crippen molar-refractivity contribution < 1.29 is 4.79 Å². The minimum Gasteiger partial charge on any atom is -0.334 e. The van der Waals surface area contributed by atoms with Gasteiger partial charge in [-0.25, -0.2) is 5.84 Å². The fourth-order valence-electron chi connectivity index (χ4n) is 3.08. The number of nitrogen functional groups attached to an aromatic ring is 1. The zero-order valence-electron chi connectivity index (χ0n) is 13.1. The minimum absolute atomic E-state index is 0.0328. The molecule has 2 aromatic carbocycles. The van der Waals surface area contributed by atoms with E-state index in [4.69, 9.17) is 5.84 Å². The molecule has 0 bridgehead atoms. The summed E-state index contributed by atoms with van der Waals surface area (Å²) in [5, 5.41) is 10.4. The van der Waals surface area contributed by atoms with Crippen LogP contribution in [0.4, 0.5) is 5.82 Å². The molecule has 0 atom stereocenters. The molecule has 0 radical (unpaired) electrons. The molecule has 0 saturated heterocycles. The largest absolute Gasteiger partial charge is 0.334 e. The first-order chi connectivity index (χ1) is 11.7. The smallest absolute Gasteiger partial charge is 0.254 e. The van der Waals surface area contributed by atoms with Gasteiger partial charge in [0.25, 0.3) is 5.91 Å². The first kappa shape index (κ1) is 14.6. The first-order valence-electron chi connectivity index (χ1n) is 7.85. The van der Waals surface area contributed by atoms with E-state index in [0.717, 1.165) is 22.0 Å². The summed E-state index contributed by atoms with van der Waals surface area (Å²) in [5.74, 6) is 5.93. The third kappa shape index (κ3) is 2.57. The van der Waals surface area contributed by atoms with Gasteiger partial charge < -0.3 is 10.3 Å². The molecule has 6 heteroatoms. The molecule has 1 aliphatic rings. The summed E-state index contributed by atoms with van der Waals surface area (Å²) >= 11 is 0. The summed E-state index contributed by atoms with van der Waals surface area (Å²) in [7, 11) is 0. The number of aromatic nitrogens is 2. The summed E-state index contributed by atoms with van der Waals surface area (Å²) in [4.78, 5) is 14.7. The number of benzene rings is 2. The molecular formula is C18H17N5O. The standard InChI is InChI=1S/C18H17N5O/c19-20-17-10-15-11-23(8-7-16(15)21-22-17)18(24)14-6-5-12-3-1-2-4-13(12)9-14/h1-6,9-10H,7-8,11,19H2,(H,20,22). The van der Waals surface area contributed by atoms with Crippen molar-refractivity contribution in [1.82, 2.24) is 15.1 Å². The molecule has 1 aromatic heterocycles. The van der Waals surface area contributed by atoms with Gasteiger partial charge in [0.2, 0.25) is 0 Å². The Morgan fingerprint density at radius 1 is 1.08 bits per heavy atom. The molecule has 6 nitrogen and oxygen atoms in total. The maximum atomic E-state index is 12.9. The van der Waals surface area contributed by atoms with Crippen LogP contribution in [-0.4, -0.2) is 27.5 Å². The minimum atomic E-state index is 0.0328. The van der Waals surface area contributed by atoms with Crippen LogP contribution in [0.5, 0.6) is 0 Å². The number of nitrogens with one attached hydrogen (secondary N) is 1. The Morgan fingerprint density at radius 2 is 1.92 bits per heavy atom. The molecule has 0 fully saturated rings. The Kier molecular flexibility index (Phi) is 3.59. The summed E-state index contributed by atoms with van der Waals surface area (Å²) in [6.45, 7) is 1.16. The SMILES string of the molecule is NNc1cc2c(nn1)CCN(C(=O)c1ccc3ccccc3c1)C2. The Bertz CT molecular complexity index is 924. The van der Waals surface area contributed by atoms with E-state index in [-0.39, 0.29) is 5.91 Å². The molecule has 2 heterocycles. The summed E-state index contributed by atoms with van der Waals surface area (Å²) < 4.78 is 0. The van der Waals surface area contributed by atoms with E-state index in [1.165, 1.54) is 0 Å². The average Bonchev–Trinajstić information content (AvgIpc) is 2.66. The highest BCUT2D eigenvalue weighted by molar-refractivity contribution is 5.98. The van der Waals surface area contributed by atoms with Gasteiger partial charge in [0.15, 0.2) is 5.82 Å². The third-order valence-corrected chi connectivity index (χ3v) is 4.37. The van der Waals surface area contributed by atoms with Crippen LogP contribution in [0.3, 0.4) is 0 Å². The second kappa shape index (κ2) is 5.90. The maximum Gasteiger partial charge on any atom is 0.254 e. The molecule has 0 saturated carbocycles. The van der Waals surface area contributed by atoms with E-state index in [2.05, 4.69) is 15.6 Å². The topological polar surface area (TPSA) is 84.1 Å². The highest BCUT2D eigenvalue weighted by Gasteiger charge is 2.23. The number of rotatable bonds is 2. The van der Waals surface area contributed by atoms with Crippen molar-refractivity contribution in [3.8, 4) is 0 Å². The van der Waals surface area contributed by atoms with Crippen molar-refractivity contribution in [3.05, 3.63) is 65.4 Å². The van der Waals surface area contributed by atoms with E-state index >= 15 is 0 Å². The van der Waals surface area contributed by atoms with Gasteiger partial charge in [-0.2, -0.15) is 5.10 Å². The molecule has 4 rings (SSSR count). The quantitative estimate of drug-likeness (QED) is 0.558. The highest BCUT2D eigenvalue weighted by Crippen LogP contribution is 2.22. The zero-order chi connectivity index (χ0) is 16.5. The van der Waals surface area contributed by atoms with Crippen LogP contribution in [0.1, 0.15) is 21.6 Å². The van der Waals surface area contributed by atoms with E-state index in [1.54, 1.807) is 0 Å². The predicted molar refractivity (Wildman–Crippen MR) is 92.2 cm³/mol. The van der Waals surface area contributed by atoms with E-state index in [9.17, 15) is 4.79 Å². The summed E-state index contributed by atoms with van der Waals surface area (Å²) in [6, 6.07) is 15.7. The average molecular weight is 319 g/mol. The molecule has 0 spiro atoms. The molecule has 24 heavy (non-hydrogen) atoms. The predicted octanol–water partition coefficient (Wildman–Crippen LogP) is 2.11. The van der Waals surface area contributed by atoms with E-state index < -0.39 is 0 Å². The van der Waals surface area contributed by atoms with Gasteiger partial charge in [-0.3, -0.25) is 4.79 Å². The Labute approximate surface area is 139 Å². The molecule has 0 unspecified atom stereocenters. The molecule has 3 N–H and O–H groups in total. The number of carbonyl (C=O) groups excluding carboxylic acids is 1. The van der Waals surface area contributed by atoms with Crippen LogP contribution in [0, 0.1) is 0 Å². The molecule has 3 aromatic rings. The van der Waals surface area contributed by atoms with Crippen molar-refractivity contribution in [2.24, 2.45) is 5.84 Å². The summed E-state index contributed by atoms with van der Waals surface area (Å²) in [6.07, 6.45) is 0.701. The van der Waals surface area contributed by atoms with Crippen molar-refractivity contribution in [1.29, 1.82) is 0 Å². The van der Waals surface area contributed by atoms with Gasteiger partial charge in [-0.1, -0.05) is 30.3 Å². The number of amides is 1. The number of hydrogen-bond donors (Lipinski definition) is 2. The van der Waals surface area contributed by atoms with Gasteiger partial charge in [0, 0.05) is 25.1 Å². The fraction of sp³-hybridized carbons (Fsp3) is 0.167. The second-order valence-electron chi connectivity index (χ2n) is 5.88. The van der Waals surface area contributed by atoms with E-state index in [1.807, 2.05) is 53.4 Å². The van der Waals surface area contributed by atoms with Gasteiger partial charge in [-0.05, 0) is 34.5 Å². The fourth-order valence-corrected chi connectivity index (χ4v) is 3.08. The number of fused-ring (bicyclic) bond motifs is 2. The number of hydrogen-bond acceptors (Lipinski definition) is 5. The lowest BCUT2D eigenvalue weighted by atomic mass is 10.0. The lowest BCUT2D eigenvalue weighted by Gasteiger charge is -2.28. The van der Waals surface area contributed by atoms with Gasteiger partial charge in [-0.15, -0.1) is 5.10 Å². The first-order valence-corrected chi connectivity index (χ1v) is 7.85. The number of nitrogens with zero attached hydrogens (tertiary/aromatic N) is 3. The number of nitrogens with two attached hydrogens (primary N) is 1. The lowest BCUT2D eigenvalue weighted by molar-refractivity contribution is 0.0733. The van der Waals surface area contributed by atoms with Gasteiger partial charge in [0.1, 0.15) is 0 Å². The van der Waals surface area contributed by atoms with Crippen LogP contribution in [-0.2, 0) is 13.0 Å². The Morgan fingerprint density at radius 3 is 2.75 bits per heavy atom. The van der Waals surface area contributed by atoms with Crippen molar-refractivity contribution in [3.63, 3.8) is 0 Å². The lowest BCUT2D eigenvalue weighted by Crippen LogP contribution is -2.36. The van der Waals surface area contributed by atoms with Gasteiger partial charge in [0.05, 0.1) is 5.69 Å². The van der Waals surface area contributed by atoms with Crippen molar-refractivity contribution >= 4 is 22.5 Å². The van der Waals surface area contributed by atoms with Gasteiger partial charge >= 0.3 is 0 Å². The number of hydrazine groups is 1. The summed E-state index contributed by atoms with van der Waals surface area (Å²) in [5.41, 5.74) is 5.11. The van der Waals surface area contributed by atoms with Crippen molar-refractivity contribution in [2.75, 3.05) is 12.0 Å². The Balaban J connectivity index is 1.62. The number of carbonyl (C=O) groups is 1. The molecule has 120 valence electrons. The highest BCUT2D eigenvalue weighted by atomic mass is 16.2. The van der Waals surface area contributed by atoms with Crippen LogP contribution < -0.4 is 11.3 Å². The second-order valence-corrected chi connectivity index (χ2v) is 5.88. The maximum absolute atomic E-state index is 12.9. The molecule has 1 amide bonds. The Hall–Kier alpha value is -2.99. The number of anilines is 1. The van der Waals surface area contributed by atoms with Crippen molar-refractivity contribution in [2.45, 2.75) is 13.0 Å². The van der Waals surface area contributed by atoms with Crippen LogP contribution >= 0.6 is 0 Å². The normalized spacial score (nSPS) is 13.6. The third-order valence-electron chi connectivity index (χ3n) is 4.37. The van der Waals surface area contributed by atoms with E-state index in [0.29, 0.717) is 30.9 Å².